The fourth-order valence-corrected chi connectivity index (χ4v) is 1.76. The van der Waals surface area contributed by atoms with E-state index in [1.807, 2.05) is 12.2 Å². The molecule has 0 saturated heterocycles. The molecule has 0 bridgehead atoms. The summed E-state index contributed by atoms with van der Waals surface area (Å²) in [5, 5.41) is 9.21. The van der Waals surface area contributed by atoms with Gasteiger partial charge in [-0.2, -0.15) is 0 Å². The van der Waals surface area contributed by atoms with Gasteiger partial charge in [-0.1, -0.05) is 38.0 Å². The molecule has 21 heavy (non-hydrogen) atoms. The minimum absolute atomic E-state index is 0.134. The predicted octanol–water partition coefficient (Wildman–Crippen LogP) is 3.05. The number of allylic oxidation sites excluding steroid dienone is 3. The van der Waals surface area contributed by atoms with Crippen molar-refractivity contribution in [3.05, 3.63) is 24.8 Å². The molecular formula is C17H24O4. The van der Waals surface area contributed by atoms with Crippen LogP contribution in [-0.4, -0.2) is 23.7 Å². The average molecular weight is 292 g/mol. The number of terminal acetylenes is 1. The van der Waals surface area contributed by atoms with Crippen LogP contribution in [0.25, 0.3) is 0 Å². The highest BCUT2D eigenvalue weighted by Gasteiger charge is 2.30. The van der Waals surface area contributed by atoms with Crippen molar-refractivity contribution in [2.75, 3.05) is 6.61 Å². The van der Waals surface area contributed by atoms with Crippen molar-refractivity contribution in [2.24, 2.45) is 17.8 Å². The molecule has 0 aromatic carbocycles. The van der Waals surface area contributed by atoms with Gasteiger partial charge in [0.15, 0.2) is 6.61 Å². The highest BCUT2D eigenvalue weighted by atomic mass is 16.5. The van der Waals surface area contributed by atoms with Gasteiger partial charge in [0.05, 0.1) is 11.8 Å². The van der Waals surface area contributed by atoms with Crippen LogP contribution in [0, 0.1) is 30.1 Å². The number of carbonyl (C=O) groups excluding carboxylic acids is 1. The summed E-state index contributed by atoms with van der Waals surface area (Å²) in [6.07, 6.45) is 12.8. The molecule has 3 atom stereocenters. The first-order chi connectivity index (χ1) is 9.93. The van der Waals surface area contributed by atoms with Crippen LogP contribution >= 0.6 is 0 Å². The molecule has 3 unspecified atom stereocenters. The third-order valence-electron chi connectivity index (χ3n) is 3.34. The van der Waals surface area contributed by atoms with Crippen molar-refractivity contribution in [3.8, 4) is 12.3 Å². The van der Waals surface area contributed by atoms with E-state index in [1.165, 1.54) is 0 Å². The number of rotatable bonds is 10. The van der Waals surface area contributed by atoms with Crippen molar-refractivity contribution in [1.82, 2.24) is 0 Å². The molecule has 0 rings (SSSR count). The number of hydrogen-bond donors (Lipinski definition) is 1. The number of carbonyl (C=O) groups is 2. The maximum atomic E-state index is 11.6. The van der Waals surface area contributed by atoms with Gasteiger partial charge in [0.1, 0.15) is 0 Å². The minimum Gasteiger partial charge on any atom is -0.481 e. The molecule has 0 fully saturated rings. The summed E-state index contributed by atoms with van der Waals surface area (Å²) in [6.45, 7) is 7.20. The summed E-state index contributed by atoms with van der Waals surface area (Å²) < 4.78 is 4.78. The van der Waals surface area contributed by atoms with Crippen molar-refractivity contribution < 1.29 is 19.4 Å². The molecule has 0 radical (unpaired) electrons. The number of carboxylic acid groups (broad SMARTS) is 1. The molecule has 0 saturated carbocycles. The maximum Gasteiger partial charge on any atom is 0.310 e. The molecule has 0 aliphatic heterocycles. The Kier molecular flexibility index (Phi) is 9.70. The van der Waals surface area contributed by atoms with Crippen molar-refractivity contribution >= 4 is 11.9 Å². The van der Waals surface area contributed by atoms with Crippen LogP contribution in [0.4, 0.5) is 0 Å². The fraction of sp³-hybridized carbons (Fsp3) is 0.529. The van der Waals surface area contributed by atoms with Crippen LogP contribution in [0.5, 0.6) is 0 Å². The molecule has 0 aromatic rings. The lowest BCUT2D eigenvalue weighted by molar-refractivity contribution is -0.155. The second kappa shape index (κ2) is 10.7. The zero-order valence-corrected chi connectivity index (χ0v) is 12.7. The van der Waals surface area contributed by atoms with E-state index in [1.54, 1.807) is 13.0 Å². The highest BCUT2D eigenvalue weighted by Crippen LogP contribution is 2.19. The summed E-state index contributed by atoms with van der Waals surface area (Å²) >= 11 is 0. The topological polar surface area (TPSA) is 63.6 Å². The Balaban J connectivity index is 4.39. The Hall–Kier alpha value is -2.02. The number of esters is 1. The number of carboxylic acids is 1. The summed E-state index contributed by atoms with van der Waals surface area (Å²) in [6, 6.07) is 0. The van der Waals surface area contributed by atoms with Gasteiger partial charge in [-0.25, -0.2) is 0 Å². The van der Waals surface area contributed by atoms with Crippen LogP contribution in [0.2, 0.25) is 0 Å². The zero-order valence-electron chi connectivity index (χ0n) is 12.7. The van der Waals surface area contributed by atoms with Gasteiger partial charge in [-0.05, 0) is 25.2 Å². The van der Waals surface area contributed by atoms with Gasteiger partial charge in [0.2, 0.25) is 0 Å². The molecule has 0 aromatic heterocycles. The lowest BCUT2D eigenvalue weighted by Gasteiger charge is -2.16. The first kappa shape index (κ1) is 19.0. The van der Waals surface area contributed by atoms with Crippen LogP contribution in [-0.2, 0) is 14.3 Å². The third kappa shape index (κ3) is 7.98. The van der Waals surface area contributed by atoms with E-state index in [-0.39, 0.29) is 6.61 Å². The van der Waals surface area contributed by atoms with Crippen LogP contribution in [0.15, 0.2) is 24.8 Å². The molecule has 116 valence electrons. The molecular weight excluding hydrogens is 268 g/mol. The highest BCUT2D eigenvalue weighted by molar-refractivity contribution is 5.81. The Labute approximate surface area is 126 Å². The van der Waals surface area contributed by atoms with Gasteiger partial charge in [0.25, 0.3) is 0 Å². The Morgan fingerprint density at radius 2 is 2.05 bits per heavy atom. The van der Waals surface area contributed by atoms with Crippen molar-refractivity contribution in [3.63, 3.8) is 0 Å². The Bertz CT molecular complexity index is 417. The van der Waals surface area contributed by atoms with Crippen LogP contribution in [0.1, 0.15) is 33.1 Å². The summed E-state index contributed by atoms with van der Waals surface area (Å²) in [5.74, 6) is -0.498. The van der Waals surface area contributed by atoms with E-state index in [2.05, 4.69) is 19.4 Å². The first-order valence-corrected chi connectivity index (χ1v) is 7.04. The fourth-order valence-electron chi connectivity index (χ4n) is 1.76. The zero-order chi connectivity index (χ0) is 16.3. The number of ether oxygens (including phenoxy) is 1. The quantitative estimate of drug-likeness (QED) is 0.382. The van der Waals surface area contributed by atoms with E-state index in [0.717, 1.165) is 12.8 Å². The third-order valence-corrected chi connectivity index (χ3v) is 3.34. The Morgan fingerprint density at radius 1 is 1.38 bits per heavy atom. The second-order valence-electron chi connectivity index (χ2n) is 5.04. The summed E-state index contributed by atoms with van der Waals surface area (Å²) in [7, 11) is 0. The monoisotopic (exact) mass is 292 g/mol. The molecule has 4 nitrogen and oxygen atoms in total. The van der Waals surface area contributed by atoms with Gasteiger partial charge in [-0.3, -0.25) is 9.59 Å². The normalized spacial score (nSPS) is 14.9. The lowest BCUT2D eigenvalue weighted by atomic mass is 9.90. The first-order valence-electron chi connectivity index (χ1n) is 7.04. The SMILES string of the molecule is C#CCOC(=O)C(C)C(CC=CCCC(C)C=C)C(=O)O. The molecule has 0 spiro atoms. The van der Waals surface area contributed by atoms with Crippen LogP contribution in [0.3, 0.4) is 0 Å². The van der Waals surface area contributed by atoms with Crippen molar-refractivity contribution in [1.29, 1.82) is 0 Å². The molecule has 0 heterocycles. The molecule has 1 N–H and O–H groups in total. The average Bonchev–Trinajstić information content (AvgIpc) is 2.46. The largest absolute Gasteiger partial charge is 0.481 e. The standard InChI is InChI=1S/C17H24O4/c1-5-12-21-17(20)14(4)15(16(18)19)11-9-7-8-10-13(3)6-2/h1,6-7,9,13-15H,2,8,10-12H2,3-4H3,(H,18,19). The minimum atomic E-state index is -1.01. The van der Waals surface area contributed by atoms with E-state index in [9.17, 15) is 14.7 Å². The summed E-state index contributed by atoms with van der Waals surface area (Å²) in [4.78, 5) is 22.9. The van der Waals surface area contributed by atoms with Gasteiger partial charge in [-0.15, -0.1) is 13.0 Å². The molecule has 4 heteroatoms. The van der Waals surface area contributed by atoms with E-state index >= 15 is 0 Å². The number of hydrogen-bond acceptors (Lipinski definition) is 3. The maximum absolute atomic E-state index is 11.6. The Morgan fingerprint density at radius 3 is 2.57 bits per heavy atom. The number of aliphatic carboxylic acids is 1. The smallest absolute Gasteiger partial charge is 0.310 e. The van der Waals surface area contributed by atoms with Crippen LogP contribution < -0.4 is 0 Å². The van der Waals surface area contributed by atoms with Gasteiger partial charge >= 0.3 is 11.9 Å². The van der Waals surface area contributed by atoms with E-state index in [0.29, 0.717) is 12.3 Å². The molecule has 0 aliphatic carbocycles. The van der Waals surface area contributed by atoms with Gasteiger partial charge in [0, 0.05) is 0 Å². The predicted molar refractivity (Wildman–Crippen MR) is 82.4 cm³/mol. The van der Waals surface area contributed by atoms with Crippen molar-refractivity contribution in [2.45, 2.75) is 33.1 Å². The summed E-state index contributed by atoms with van der Waals surface area (Å²) in [5.41, 5.74) is 0. The second-order valence-corrected chi connectivity index (χ2v) is 5.04. The lowest BCUT2D eigenvalue weighted by Crippen LogP contribution is -2.29. The van der Waals surface area contributed by atoms with Gasteiger partial charge < -0.3 is 9.84 Å². The molecule has 0 amide bonds. The van der Waals surface area contributed by atoms with E-state index < -0.39 is 23.8 Å². The van der Waals surface area contributed by atoms with E-state index in [4.69, 9.17) is 11.2 Å². The molecule has 0 aliphatic rings.